The highest BCUT2D eigenvalue weighted by Gasteiger charge is 2.75. The van der Waals surface area contributed by atoms with Crippen LogP contribution < -0.4 is 0 Å². The molecule has 288 valence electrons. The number of fused-ring (bicyclic) bond motifs is 2. The Morgan fingerprint density at radius 1 is 1.09 bits per heavy atom. The summed E-state index contributed by atoms with van der Waals surface area (Å²) in [4.78, 5) is 62.2. The number of nitrogens with zero attached hydrogens (tertiary/aromatic N) is 6. The fraction of sp³-hybridized carbons (Fsp3) is 0.512. The van der Waals surface area contributed by atoms with Gasteiger partial charge in [-0.1, -0.05) is 73.7 Å². The third-order valence-electron chi connectivity index (χ3n) is 11.4. The van der Waals surface area contributed by atoms with E-state index < -0.39 is 65.6 Å². The number of rotatable bonds is 17. The number of likely N-dealkylation sites (N-methyl/N-ethyl adjacent to an activating group) is 1. The molecule has 1 spiro atoms. The molecular formula is C41H52N6O7. The molecule has 2 aromatic carbocycles. The molecule has 3 saturated heterocycles. The molecule has 6 rings (SSSR count). The van der Waals surface area contributed by atoms with Gasteiger partial charge in [0.05, 0.1) is 42.1 Å². The Kier molecular flexibility index (Phi) is 11.7. The molecule has 0 saturated carbocycles. The standard InChI is InChI=1S/C41H52N6O7/c1-7-9-19-33(49)44(6)27(5)36(28-15-11-10-12-16-28)53-40(52)34-32-20-21-41(54-32)35(34)38(50)47(29(24-48)23-26(3)4)37(41)39(51)45(22-8-2)25-46-31-18-14-13-17-30(31)42-43-46/h7-8,10-18,26-27,29,32,34-37,48H,1-2,9,19-25H2,3-6H3/t27-,29-,32-,34+,35+,36+,37-,41+/m1/s1. The van der Waals surface area contributed by atoms with Crippen LogP contribution >= 0.6 is 0 Å². The molecule has 8 atom stereocenters. The molecule has 3 aliphatic heterocycles. The molecule has 13 heteroatoms. The molecular weight excluding hydrogens is 688 g/mol. The number of aromatic nitrogens is 3. The molecule has 3 aromatic rings. The summed E-state index contributed by atoms with van der Waals surface area (Å²) in [5.74, 6) is -3.48. The molecule has 1 aromatic heterocycles. The van der Waals surface area contributed by atoms with E-state index in [0.29, 0.717) is 36.8 Å². The highest BCUT2D eigenvalue weighted by atomic mass is 16.6. The first-order valence-electron chi connectivity index (χ1n) is 18.9. The van der Waals surface area contributed by atoms with E-state index in [1.54, 1.807) is 33.7 Å². The average molecular weight is 741 g/mol. The van der Waals surface area contributed by atoms with Gasteiger partial charge in [-0.05, 0) is 56.2 Å². The summed E-state index contributed by atoms with van der Waals surface area (Å²) in [5.41, 5.74) is 0.777. The first-order chi connectivity index (χ1) is 26.0. The fourth-order valence-corrected chi connectivity index (χ4v) is 8.70. The molecule has 0 unspecified atom stereocenters. The average Bonchev–Trinajstić information content (AvgIpc) is 3.93. The number of benzene rings is 2. The van der Waals surface area contributed by atoms with Gasteiger partial charge in [-0.3, -0.25) is 19.2 Å². The summed E-state index contributed by atoms with van der Waals surface area (Å²) in [6, 6.07) is 14.3. The summed E-state index contributed by atoms with van der Waals surface area (Å²) in [6.07, 6.45) is 3.82. The second-order valence-electron chi connectivity index (χ2n) is 15.2. The monoisotopic (exact) mass is 740 g/mol. The predicted molar refractivity (Wildman–Crippen MR) is 201 cm³/mol. The van der Waals surface area contributed by atoms with Crippen LogP contribution in [0.3, 0.4) is 0 Å². The molecule has 13 nitrogen and oxygen atoms in total. The van der Waals surface area contributed by atoms with Crippen LogP contribution in [0.25, 0.3) is 11.0 Å². The topological polar surface area (TPSA) is 147 Å². The van der Waals surface area contributed by atoms with Crippen LogP contribution in [0.15, 0.2) is 79.9 Å². The largest absolute Gasteiger partial charge is 0.455 e. The van der Waals surface area contributed by atoms with E-state index in [9.17, 15) is 19.5 Å². The first kappa shape index (κ1) is 38.8. The van der Waals surface area contributed by atoms with Gasteiger partial charge in [-0.15, -0.1) is 18.3 Å². The lowest BCUT2D eigenvalue weighted by Gasteiger charge is -2.39. The van der Waals surface area contributed by atoms with Crippen molar-refractivity contribution in [3.63, 3.8) is 0 Å². The van der Waals surface area contributed by atoms with Gasteiger partial charge in [0.25, 0.3) is 0 Å². The van der Waals surface area contributed by atoms with Crippen LogP contribution in [0.4, 0.5) is 0 Å². The van der Waals surface area contributed by atoms with E-state index in [0.717, 1.165) is 5.52 Å². The number of aliphatic hydroxyl groups excluding tert-OH is 1. The SMILES string of the molecule is C=CCCC(=O)N(C)[C@H](C)[C@H](OC(=O)[C@@H]1[C@H]2C(=O)N([C@@H](CO)CC(C)C)[C@H](C(=O)N(CC=C)Cn3nnc4ccccc43)[C@]23CC[C@H]1O3)c1ccccc1. The first-order valence-corrected chi connectivity index (χ1v) is 18.9. The van der Waals surface area contributed by atoms with Crippen LogP contribution in [-0.4, -0.2) is 109 Å². The van der Waals surface area contributed by atoms with Crippen LogP contribution in [0, 0.1) is 17.8 Å². The number of likely N-dealkylation sites (tertiary alicyclic amines) is 1. The molecule has 0 radical (unpaired) electrons. The Morgan fingerprint density at radius 2 is 1.81 bits per heavy atom. The highest BCUT2D eigenvalue weighted by molar-refractivity contribution is 5.98. The number of para-hydroxylation sites is 1. The third-order valence-corrected chi connectivity index (χ3v) is 11.4. The molecule has 1 N–H and O–H groups in total. The van der Waals surface area contributed by atoms with E-state index in [1.807, 2.05) is 75.4 Å². The Bertz CT molecular complexity index is 1860. The number of esters is 1. The maximum absolute atomic E-state index is 15.0. The van der Waals surface area contributed by atoms with Crippen molar-refractivity contribution in [2.45, 2.75) is 95.5 Å². The van der Waals surface area contributed by atoms with Crippen molar-refractivity contribution in [3.05, 3.63) is 85.5 Å². The lowest BCUT2D eigenvalue weighted by Crippen LogP contribution is -2.59. The molecule has 0 aliphatic carbocycles. The van der Waals surface area contributed by atoms with Crippen LogP contribution in [-0.2, 0) is 35.3 Å². The summed E-state index contributed by atoms with van der Waals surface area (Å²) in [7, 11) is 1.69. The lowest BCUT2D eigenvalue weighted by molar-refractivity contribution is -0.165. The van der Waals surface area contributed by atoms with Crippen LogP contribution in [0.1, 0.15) is 64.5 Å². The zero-order valence-electron chi connectivity index (χ0n) is 31.6. The Morgan fingerprint density at radius 3 is 2.50 bits per heavy atom. The van der Waals surface area contributed by atoms with Crippen LogP contribution in [0.2, 0.25) is 0 Å². The van der Waals surface area contributed by atoms with Crippen LogP contribution in [0.5, 0.6) is 0 Å². The molecule has 2 bridgehead atoms. The van der Waals surface area contributed by atoms with Gasteiger partial charge < -0.3 is 29.3 Å². The number of amides is 3. The quantitative estimate of drug-likeness (QED) is 0.158. The van der Waals surface area contributed by atoms with E-state index in [2.05, 4.69) is 23.5 Å². The lowest BCUT2D eigenvalue weighted by atomic mass is 9.70. The smallest absolute Gasteiger partial charge is 0.313 e. The second kappa shape index (κ2) is 16.2. The minimum Gasteiger partial charge on any atom is -0.455 e. The van der Waals surface area contributed by atoms with Gasteiger partial charge in [-0.25, -0.2) is 4.68 Å². The van der Waals surface area contributed by atoms with Crippen molar-refractivity contribution >= 4 is 34.7 Å². The zero-order chi connectivity index (χ0) is 38.7. The number of hydrogen-bond acceptors (Lipinski definition) is 9. The summed E-state index contributed by atoms with van der Waals surface area (Å²) < 4.78 is 14.7. The summed E-state index contributed by atoms with van der Waals surface area (Å²) in [6.45, 7) is 13.2. The third kappa shape index (κ3) is 7.06. The Labute approximate surface area is 316 Å². The van der Waals surface area contributed by atoms with Gasteiger partial charge in [0.1, 0.15) is 29.9 Å². The van der Waals surface area contributed by atoms with Gasteiger partial charge in [0, 0.05) is 20.0 Å². The maximum Gasteiger partial charge on any atom is 0.313 e. The second-order valence-corrected chi connectivity index (χ2v) is 15.2. The molecule has 54 heavy (non-hydrogen) atoms. The zero-order valence-corrected chi connectivity index (χ0v) is 31.6. The van der Waals surface area contributed by atoms with Crippen molar-refractivity contribution in [2.75, 3.05) is 20.2 Å². The normalized spacial score (nSPS) is 24.6. The van der Waals surface area contributed by atoms with E-state index >= 15 is 4.79 Å². The van der Waals surface area contributed by atoms with Crippen molar-refractivity contribution in [1.29, 1.82) is 0 Å². The van der Waals surface area contributed by atoms with Gasteiger partial charge in [0.15, 0.2) is 0 Å². The van der Waals surface area contributed by atoms with Crippen molar-refractivity contribution in [2.24, 2.45) is 17.8 Å². The summed E-state index contributed by atoms with van der Waals surface area (Å²) in [5, 5.41) is 19.3. The Hall–Kier alpha value is -4.88. The number of allylic oxidation sites excluding steroid dienone is 1. The minimum absolute atomic E-state index is 0.0309. The Balaban J connectivity index is 1.35. The van der Waals surface area contributed by atoms with Gasteiger partial charge in [0.2, 0.25) is 17.7 Å². The van der Waals surface area contributed by atoms with Gasteiger partial charge in [-0.2, -0.15) is 0 Å². The number of ether oxygens (including phenoxy) is 2. The van der Waals surface area contributed by atoms with E-state index in [4.69, 9.17) is 9.47 Å². The maximum atomic E-state index is 15.0. The number of carbonyl (C=O) groups excluding carboxylic acids is 4. The number of hydrogen-bond donors (Lipinski definition) is 1. The number of carbonyl (C=O) groups is 4. The minimum atomic E-state index is -1.33. The summed E-state index contributed by atoms with van der Waals surface area (Å²) >= 11 is 0. The number of aliphatic hydroxyl groups is 1. The molecule has 3 aliphatic rings. The molecule has 3 fully saturated rings. The molecule has 4 heterocycles. The predicted octanol–water partition coefficient (Wildman–Crippen LogP) is 4.28. The van der Waals surface area contributed by atoms with E-state index in [-0.39, 0.29) is 38.1 Å². The van der Waals surface area contributed by atoms with E-state index in [1.165, 1.54) is 4.90 Å². The van der Waals surface area contributed by atoms with Crippen molar-refractivity contribution in [3.8, 4) is 0 Å². The highest BCUT2D eigenvalue weighted by Crippen LogP contribution is 2.59. The van der Waals surface area contributed by atoms with Gasteiger partial charge >= 0.3 is 5.97 Å². The fourth-order valence-electron chi connectivity index (χ4n) is 8.70. The molecule has 3 amide bonds. The van der Waals surface area contributed by atoms with Crippen molar-refractivity contribution in [1.82, 2.24) is 29.7 Å². The van der Waals surface area contributed by atoms with Crippen molar-refractivity contribution < 1.29 is 33.8 Å².